The average molecular weight is 442 g/mol. The Hall–Kier alpha value is -2.87. The highest BCUT2D eigenvalue weighted by Gasteiger charge is 2.32. The normalized spacial score (nSPS) is 18.2. The number of amides is 1. The second-order valence-corrected chi connectivity index (χ2v) is 11.2. The zero-order valence-corrected chi connectivity index (χ0v) is 18.8. The molecule has 2 aromatic carbocycles. The molecule has 0 bridgehead atoms. The largest absolute Gasteiger partial charge is 0.484 e. The van der Waals surface area contributed by atoms with Gasteiger partial charge in [-0.3, -0.25) is 4.79 Å². The molecule has 1 fully saturated rings. The molecular weight excluding hydrogens is 414 g/mol. The maximum absolute atomic E-state index is 12.6. The van der Waals surface area contributed by atoms with Gasteiger partial charge in [-0.1, -0.05) is 51.1 Å². The predicted octanol–water partition coefficient (Wildman–Crippen LogP) is 3.71. The van der Waals surface area contributed by atoms with E-state index >= 15 is 0 Å². The number of hydrogen-bond donors (Lipinski definition) is 1. The van der Waals surface area contributed by atoms with Gasteiger partial charge in [-0.15, -0.1) is 0 Å². The number of aromatic nitrogens is 2. The molecule has 2 heterocycles. The molecule has 8 heteroatoms. The molecule has 0 saturated carbocycles. The highest BCUT2D eigenvalue weighted by atomic mass is 32.2. The molecule has 3 aromatic rings. The maximum Gasteiger partial charge on any atom is 0.263 e. The van der Waals surface area contributed by atoms with Crippen LogP contribution in [0, 0.1) is 0 Å². The Morgan fingerprint density at radius 3 is 2.58 bits per heavy atom. The lowest BCUT2D eigenvalue weighted by atomic mass is 9.92. The molecule has 1 N–H and O–H groups in total. The highest BCUT2D eigenvalue weighted by molar-refractivity contribution is 7.91. The third kappa shape index (κ3) is 4.90. The number of carbonyl (C=O) groups excluding carboxylic acids is 1. The molecule has 1 aromatic heterocycles. The number of anilines is 1. The summed E-state index contributed by atoms with van der Waals surface area (Å²) in [4.78, 5) is 12.6. The van der Waals surface area contributed by atoms with Crippen LogP contribution >= 0.6 is 0 Å². The summed E-state index contributed by atoms with van der Waals surface area (Å²) in [7, 11) is -3.08. The van der Waals surface area contributed by atoms with Crippen molar-refractivity contribution in [3.05, 3.63) is 54.2 Å². The fourth-order valence-corrected chi connectivity index (χ4v) is 5.38. The minimum Gasteiger partial charge on any atom is -0.484 e. The summed E-state index contributed by atoms with van der Waals surface area (Å²) >= 11 is 0. The van der Waals surface area contributed by atoms with Crippen molar-refractivity contribution < 1.29 is 17.9 Å². The van der Waals surface area contributed by atoms with Crippen molar-refractivity contribution in [3.8, 4) is 5.75 Å². The number of rotatable bonds is 5. The van der Waals surface area contributed by atoms with Crippen molar-refractivity contribution in [2.75, 3.05) is 23.4 Å². The van der Waals surface area contributed by atoms with Gasteiger partial charge in [0.05, 0.1) is 23.2 Å². The van der Waals surface area contributed by atoms with Crippen LogP contribution in [0.1, 0.15) is 38.9 Å². The van der Waals surface area contributed by atoms with Crippen LogP contribution in [0.2, 0.25) is 0 Å². The van der Waals surface area contributed by atoms with Crippen molar-refractivity contribution in [2.24, 2.45) is 0 Å². The molecule has 1 atom stereocenters. The first-order valence-corrected chi connectivity index (χ1v) is 12.1. The number of carbonyl (C=O) groups is 1. The topological polar surface area (TPSA) is 90.3 Å². The fraction of sp³-hybridized carbons (Fsp3) is 0.391. The number of fused-ring (bicyclic) bond motifs is 1. The van der Waals surface area contributed by atoms with Gasteiger partial charge in [0, 0.05) is 11.5 Å². The van der Waals surface area contributed by atoms with Crippen LogP contribution in [0.25, 0.3) is 10.8 Å². The summed E-state index contributed by atoms with van der Waals surface area (Å²) in [5, 5.41) is 9.63. The van der Waals surface area contributed by atoms with E-state index in [2.05, 4.69) is 10.4 Å². The van der Waals surface area contributed by atoms with Gasteiger partial charge < -0.3 is 10.1 Å². The molecule has 0 spiro atoms. The summed E-state index contributed by atoms with van der Waals surface area (Å²) in [6.45, 7) is 5.93. The Labute approximate surface area is 182 Å². The highest BCUT2D eigenvalue weighted by Crippen LogP contribution is 2.31. The molecule has 1 aliphatic heterocycles. The van der Waals surface area contributed by atoms with Crippen LogP contribution in [-0.4, -0.2) is 42.2 Å². The molecule has 31 heavy (non-hydrogen) atoms. The molecule has 1 saturated heterocycles. The van der Waals surface area contributed by atoms with Crippen LogP contribution in [0.3, 0.4) is 0 Å². The van der Waals surface area contributed by atoms with E-state index in [-0.39, 0.29) is 35.5 Å². The molecule has 1 unspecified atom stereocenters. The Morgan fingerprint density at radius 1 is 1.16 bits per heavy atom. The minimum absolute atomic E-state index is 0.0364. The van der Waals surface area contributed by atoms with Gasteiger partial charge in [-0.05, 0) is 29.3 Å². The molecule has 0 aliphatic carbocycles. The Balaban J connectivity index is 1.49. The first kappa shape index (κ1) is 21.4. The minimum atomic E-state index is -3.08. The molecular formula is C23H27N3O4S. The molecule has 7 nitrogen and oxygen atoms in total. The number of benzene rings is 2. The van der Waals surface area contributed by atoms with Crippen molar-refractivity contribution >= 4 is 32.3 Å². The molecule has 1 aliphatic rings. The van der Waals surface area contributed by atoms with Crippen LogP contribution < -0.4 is 10.1 Å². The molecule has 164 valence electrons. The van der Waals surface area contributed by atoms with E-state index in [0.717, 1.165) is 16.5 Å². The summed E-state index contributed by atoms with van der Waals surface area (Å²) in [6, 6.07) is 15.2. The first-order valence-electron chi connectivity index (χ1n) is 10.3. The van der Waals surface area contributed by atoms with Crippen molar-refractivity contribution in [1.82, 2.24) is 9.78 Å². The second-order valence-electron chi connectivity index (χ2n) is 9.01. The van der Waals surface area contributed by atoms with Crippen molar-refractivity contribution in [3.63, 3.8) is 0 Å². The third-order valence-electron chi connectivity index (χ3n) is 5.42. The number of nitrogens with zero attached hydrogens (tertiary/aromatic N) is 2. The second kappa shape index (κ2) is 8.00. The lowest BCUT2D eigenvalue weighted by Crippen LogP contribution is -2.24. The zero-order valence-electron chi connectivity index (χ0n) is 18.0. The third-order valence-corrected chi connectivity index (χ3v) is 7.17. The lowest BCUT2D eigenvalue weighted by molar-refractivity contribution is -0.118. The Kier molecular flexibility index (Phi) is 5.51. The quantitative estimate of drug-likeness (QED) is 0.652. The van der Waals surface area contributed by atoms with Crippen molar-refractivity contribution in [2.45, 2.75) is 38.6 Å². The van der Waals surface area contributed by atoms with Gasteiger partial charge in [0.2, 0.25) is 0 Å². The SMILES string of the molecule is CC(C)(C)c1cc(NC(=O)COc2ccc3ccccc3c2)n(C2CCS(=O)(=O)C2)n1. The number of hydrogen-bond acceptors (Lipinski definition) is 5. The summed E-state index contributed by atoms with van der Waals surface area (Å²) in [5.41, 5.74) is 0.562. The molecule has 4 rings (SSSR count). The van der Waals surface area contributed by atoms with Crippen LogP contribution in [-0.2, 0) is 20.0 Å². The van der Waals surface area contributed by atoms with E-state index in [1.165, 1.54) is 0 Å². The van der Waals surface area contributed by atoms with Crippen LogP contribution in [0.5, 0.6) is 5.75 Å². The lowest BCUT2D eigenvalue weighted by Gasteiger charge is -2.15. The number of ether oxygens (including phenoxy) is 1. The monoisotopic (exact) mass is 441 g/mol. The van der Waals surface area contributed by atoms with E-state index in [9.17, 15) is 13.2 Å². The molecule has 1 amide bonds. The van der Waals surface area contributed by atoms with Gasteiger partial charge in [-0.2, -0.15) is 5.10 Å². The Morgan fingerprint density at radius 2 is 1.90 bits per heavy atom. The van der Waals surface area contributed by atoms with Crippen LogP contribution in [0.4, 0.5) is 5.82 Å². The van der Waals surface area contributed by atoms with E-state index < -0.39 is 9.84 Å². The van der Waals surface area contributed by atoms with E-state index in [4.69, 9.17) is 4.74 Å². The summed E-state index contributed by atoms with van der Waals surface area (Å²) in [5.74, 6) is 0.963. The summed E-state index contributed by atoms with van der Waals surface area (Å²) < 4.78 is 31.2. The van der Waals surface area contributed by atoms with Crippen LogP contribution in [0.15, 0.2) is 48.5 Å². The van der Waals surface area contributed by atoms with E-state index in [1.807, 2.05) is 69.3 Å². The predicted molar refractivity (Wildman–Crippen MR) is 121 cm³/mol. The zero-order chi connectivity index (χ0) is 22.2. The van der Waals surface area contributed by atoms with Gasteiger partial charge in [-0.25, -0.2) is 13.1 Å². The van der Waals surface area contributed by atoms with Crippen molar-refractivity contribution in [1.29, 1.82) is 0 Å². The van der Waals surface area contributed by atoms with Gasteiger partial charge in [0.25, 0.3) is 5.91 Å². The van der Waals surface area contributed by atoms with Gasteiger partial charge in [0.15, 0.2) is 16.4 Å². The maximum atomic E-state index is 12.6. The Bertz CT molecular complexity index is 1230. The smallest absolute Gasteiger partial charge is 0.263 e. The van der Waals surface area contributed by atoms with Gasteiger partial charge in [0.1, 0.15) is 11.6 Å². The number of sulfone groups is 1. The fourth-order valence-electron chi connectivity index (χ4n) is 3.69. The van der Waals surface area contributed by atoms with E-state index in [0.29, 0.717) is 18.0 Å². The standard InChI is InChI=1S/C23H27N3O4S/c1-23(2,3)20-13-21(26(25-20)18-10-11-31(28,29)15-18)24-22(27)14-30-19-9-8-16-6-4-5-7-17(16)12-19/h4-9,12-13,18H,10-11,14-15H2,1-3H3,(H,24,27). The first-order chi connectivity index (χ1) is 14.6. The van der Waals surface area contributed by atoms with E-state index in [1.54, 1.807) is 4.68 Å². The number of nitrogens with one attached hydrogen (secondary N) is 1. The average Bonchev–Trinajstić information content (AvgIpc) is 3.29. The summed E-state index contributed by atoms with van der Waals surface area (Å²) in [6.07, 6.45) is 0.490. The van der Waals surface area contributed by atoms with Gasteiger partial charge >= 0.3 is 0 Å². The molecule has 0 radical (unpaired) electrons.